The molecule has 2 fully saturated rings. The highest BCUT2D eigenvalue weighted by molar-refractivity contribution is 6.10. The first-order valence-electron chi connectivity index (χ1n) is 7.60. The van der Waals surface area contributed by atoms with Crippen LogP contribution in [0.1, 0.15) is 39.5 Å². The molecule has 0 radical (unpaired) electrons. The van der Waals surface area contributed by atoms with Gasteiger partial charge in [-0.15, -0.1) is 0 Å². The second-order valence-electron chi connectivity index (χ2n) is 6.49. The van der Waals surface area contributed by atoms with Crippen molar-refractivity contribution in [3.63, 3.8) is 0 Å². The Bertz CT molecular complexity index is 572. The van der Waals surface area contributed by atoms with Crippen LogP contribution in [0, 0.1) is 5.92 Å². The number of piperazine rings is 1. The summed E-state index contributed by atoms with van der Waals surface area (Å²) in [4.78, 5) is 27.3. The lowest BCUT2D eigenvalue weighted by molar-refractivity contribution is -0.139. The zero-order chi connectivity index (χ0) is 15.2. The van der Waals surface area contributed by atoms with Gasteiger partial charge in [0.1, 0.15) is 11.6 Å². The molecule has 1 saturated heterocycles. The third-order valence-corrected chi connectivity index (χ3v) is 4.57. The second kappa shape index (κ2) is 4.86. The minimum absolute atomic E-state index is 0.00278. The average Bonchev–Trinajstić information content (AvgIpc) is 3.03. The Morgan fingerprint density at radius 1 is 1.33 bits per heavy atom. The zero-order valence-corrected chi connectivity index (χ0v) is 12.8. The van der Waals surface area contributed by atoms with Crippen molar-refractivity contribution in [1.29, 1.82) is 0 Å². The second-order valence-corrected chi connectivity index (χ2v) is 6.49. The minimum Gasteiger partial charge on any atom is -0.340 e. The van der Waals surface area contributed by atoms with E-state index in [9.17, 15) is 9.59 Å². The monoisotopic (exact) mass is 290 g/mol. The van der Waals surface area contributed by atoms with E-state index in [4.69, 9.17) is 0 Å². The van der Waals surface area contributed by atoms with Crippen LogP contribution >= 0.6 is 0 Å². The van der Waals surface area contributed by atoms with Gasteiger partial charge >= 0.3 is 0 Å². The van der Waals surface area contributed by atoms with Gasteiger partial charge in [-0.2, -0.15) is 5.10 Å². The molecule has 1 N–H and O–H groups in total. The van der Waals surface area contributed by atoms with Crippen molar-refractivity contribution in [2.24, 2.45) is 13.0 Å². The van der Waals surface area contributed by atoms with Crippen LogP contribution in [0.3, 0.4) is 0 Å². The van der Waals surface area contributed by atoms with E-state index in [1.54, 1.807) is 21.8 Å². The Balaban J connectivity index is 2.05. The SMILES string of the molecule is CC(C)C1C(=O)NC2(CCCC2)C(=O)N1c1ccn(C)n1. The number of aromatic nitrogens is 2. The predicted octanol–water partition coefficient (Wildman–Crippen LogP) is 1.22. The summed E-state index contributed by atoms with van der Waals surface area (Å²) in [6.45, 7) is 3.92. The van der Waals surface area contributed by atoms with Crippen LogP contribution in [0.2, 0.25) is 0 Å². The van der Waals surface area contributed by atoms with Crippen molar-refractivity contribution >= 4 is 17.6 Å². The number of hydrogen-bond acceptors (Lipinski definition) is 3. The van der Waals surface area contributed by atoms with E-state index >= 15 is 0 Å². The molecule has 1 aromatic heterocycles. The predicted molar refractivity (Wildman–Crippen MR) is 78.7 cm³/mol. The molecule has 1 atom stereocenters. The lowest BCUT2D eigenvalue weighted by Crippen LogP contribution is -2.71. The van der Waals surface area contributed by atoms with Gasteiger partial charge in [0.05, 0.1) is 0 Å². The Kier molecular flexibility index (Phi) is 3.26. The highest BCUT2D eigenvalue weighted by atomic mass is 16.2. The summed E-state index contributed by atoms with van der Waals surface area (Å²) in [5, 5.41) is 7.36. The van der Waals surface area contributed by atoms with Gasteiger partial charge in [-0.05, 0) is 18.8 Å². The summed E-state index contributed by atoms with van der Waals surface area (Å²) in [6, 6.07) is 1.31. The number of aryl methyl sites for hydroxylation is 1. The molecular weight excluding hydrogens is 268 g/mol. The Morgan fingerprint density at radius 3 is 2.52 bits per heavy atom. The van der Waals surface area contributed by atoms with Crippen LogP contribution in [-0.4, -0.2) is 33.2 Å². The van der Waals surface area contributed by atoms with Crippen molar-refractivity contribution in [2.45, 2.75) is 51.1 Å². The molecule has 2 heterocycles. The van der Waals surface area contributed by atoms with E-state index in [1.807, 2.05) is 20.9 Å². The zero-order valence-electron chi connectivity index (χ0n) is 12.8. The van der Waals surface area contributed by atoms with Gasteiger partial charge in [-0.25, -0.2) is 0 Å². The van der Waals surface area contributed by atoms with Crippen molar-refractivity contribution in [3.8, 4) is 0 Å². The highest BCUT2D eigenvalue weighted by Gasteiger charge is 2.53. The molecule has 1 unspecified atom stereocenters. The molecule has 2 aliphatic rings. The van der Waals surface area contributed by atoms with Crippen LogP contribution in [0.15, 0.2) is 12.3 Å². The molecule has 1 aliphatic heterocycles. The summed E-state index contributed by atoms with van der Waals surface area (Å²) < 4.78 is 1.66. The van der Waals surface area contributed by atoms with Crippen molar-refractivity contribution in [1.82, 2.24) is 15.1 Å². The Labute approximate surface area is 124 Å². The van der Waals surface area contributed by atoms with Gasteiger partial charge < -0.3 is 5.32 Å². The van der Waals surface area contributed by atoms with Crippen LogP contribution in [-0.2, 0) is 16.6 Å². The Hall–Kier alpha value is -1.85. The topological polar surface area (TPSA) is 67.2 Å². The number of hydrogen-bond donors (Lipinski definition) is 1. The van der Waals surface area contributed by atoms with E-state index in [0.29, 0.717) is 5.82 Å². The van der Waals surface area contributed by atoms with E-state index in [2.05, 4.69) is 10.4 Å². The first kappa shape index (κ1) is 14.1. The maximum atomic E-state index is 13.1. The average molecular weight is 290 g/mol. The number of amides is 2. The van der Waals surface area contributed by atoms with Crippen LogP contribution in [0.25, 0.3) is 0 Å². The molecule has 1 spiro atoms. The maximum Gasteiger partial charge on any atom is 0.254 e. The molecule has 21 heavy (non-hydrogen) atoms. The molecule has 1 saturated carbocycles. The molecular formula is C15H22N4O2. The van der Waals surface area contributed by atoms with Gasteiger partial charge in [-0.3, -0.25) is 19.2 Å². The number of nitrogens with zero attached hydrogens (tertiary/aromatic N) is 3. The van der Waals surface area contributed by atoms with Gasteiger partial charge in [0, 0.05) is 19.3 Å². The summed E-state index contributed by atoms with van der Waals surface area (Å²) >= 11 is 0. The lowest BCUT2D eigenvalue weighted by atomic mass is 9.87. The highest BCUT2D eigenvalue weighted by Crippen LogP contribution is 2.37. The minimum atomic E-state index is -0.708. The van der Waals surface area contributed by atoms with E-state index in [-0.39, 0.29) is 17.7 Å². The first-order valence-corrected chi connectivity index (χ1v) is 7.60. The van der Waals surface area contributed by atoms with Gasteiger partial charge in [0.25, 0.3) is 5.91 Å². The molecule has 0 bridgehead atoms. The van der Waals surface area contributed by atoms with Crippen molar-refractivity contribution in [3.05, 3.63) is 12.3 Å². The van der Waals surface area contributed by atoms with Crippen molar-refractivity contribution in [2.75, 3.05) is 4.90 Å². The Morgan fingerprint density at radius 2 is 2.00 bits per heavy atom. The van der Waals surface area contributed by atoms with Gasteiger partial charge in [0.15, 0.2) is 5.82 Å². The van der Waals surface area contributed by atoms with E-state index in [0.717, 1.165) is 25.7 Å². The molecule has 6 heteroatoms. The normalized spacial score (nSPS) is 25.0. The fourth-order valence-electron chi connectivity index (χ4n) is 3.53. The first-order chi connectivity index (χ1) is 9.94. The van der Waals surface area contributed by atoms with Gasteiger partial charge in [0.2, 0.25) is 5.91 Å². The fraction of sp³-hybridized carbons (Fsp3) is 0.667. The van der Waals surface area contributed by atoms with Crippen LogP contribution in [0.4, 0.5) is 5.82 Å². The van der Waals surface area contributed by atoms with E-state index < -0.39 is 11.6 Å². The largest absolute Gasteiger partial charge is 0.340 e. The van der Waals surface area contributed by atoms with Crippen LogP contribution in [0.5, 0.6) is 0 Å². The molecule has 1 aliphatic carbocycles. The molecule has 114 valence electrons. The quantitative estimate of drug-likeness (QED) is 0.890. The molecule has 1 aromatic rings. The number of nitrogens with one attached hydrogen (secondary N) is 1. The lowest BCUT2D eigenvalue weighted by Gasteiger charge is -2.44. The number of rotatable bonds is 2. The fourth-order valence-corrected chi connectivity index (χ4v) is 3.53. The maximum absolute atomic E-state index is 13.1. The summed E-state index contributed by atoms with van der Waals surface area (Å²) in [6.07, 6.45) is 5.22. The third kappa shape index (κ3) is 2.13. The van der Waals surface area contributed by atoms with Crippen LogP contribution < -0.4 is 10.2 Å². The molecule has 2 amide bonds. The van der Waals surface area contributed by atoms with E-state index in [1.165, 1.54) is 0 Å². The van der Waals surface area contributed by atoms with Gasteiger partial charge in [-0.1, -0.05) is 26.7 Å². The molecule has 6 nitrogen and oxygen atoms in total. The van der Waals surface area contributed by atoms with Crippen molar-refractivity contribution < 1.29 is 9.59 Å². The summed E-state index contributed by atoms with van der Waals surface area (Å²) in [5.41, 5.74) is -0.708. The standard InChI is InChI=1S/C15H22N4O2/c1-10(2)12-13(20)16-15(7-4-5-8-15)14(21)19(12)11-6-9-18(3)17-11/h6,9-10,12H,4-5,7-8H2,1-3H3,(H,16,20). The summed E-state index contributed by atoms with van der Waals surface area (Å²) in [5.74, 6) is 0.547. The number of carbonyl (C=O) groups is 2. The number of carbonyl (C=O) groups excluding carboxylic acids is 2. The number of anilines is 1. The summed E-state index contributed by atoms with van der Waals surface area (Å²) in [7, 11) is 1.81. The third-order valence-electron chi connectivity index (χ3n) is 4.57. The molecule has 3 rings (SSSR count). The molecule has 0 aromatic carbocycles. The smallest absolute Gasteiger partial charge is 0.254 e.